The summed E-state index contributed by atoms with van der Waals surface area (Å²) in [5.74, 6) is -0.719. The number of aryl methyl sites for hydroxylation is 2. The maximum absolute atomic E-state index is 13.4. The van der Waals surface area contributed by atoms with Crippen molar-refractivity contribution in [1.29, 1.82) is 0 Å². The van der Waals surface area contributed by atoms with Crippen LogP contribution in [0.4, 0.5) is 11.4 Å². The largest absolute Gasteiger partial charge is 0.507 e. The predicted octanol–water partition coefficient (Wildman–Crippen LogP) is 5.01. The molecule has 0 aromatic heterocycles. The first-order valence-corrected chi connectivity index (χ1v) is 11.8. The zero-order valence-corrected chi connectivity index (χ0v) is 20.1. The van der Waals surface area contributed by atoms with E-state index >= 15 is 0 Å². The number of para-hydroxylation sites is 1. The second-order valence-corrected chi connectivity index (χ2v) is 9.22. The van der Waals surface area contributed by atoms with Crippen molar-refractivity contribution in [2.24, 2.45) is 0 Å². The van der Waals surface area contributed by atoms with Crippen molar-refractivity contribution >= 4 is 28.8 Å². The van der Waals surface area contributed by atoms with Gasteiger partial charge in [0.05, 0.1) is 18.2 Å². The van der Waals surface area contributed by atoms with Crippen LogP contribution in [0.5, 0.6) is 5.75 Å². The summed E-state index contributed by atoms with van der Waals surface area (Å²) in [7, 11) is 3.91. The molecule has 0 saturated carbocycles. The molecule has 6 nitrogen and oxygen atoms in total. The quantitative estimate of drug-likeness (QED) is 0.331. The molecule has 1 fully saturated rings. The van der Waals surface area contributed by atoms with Crippen LogP contribution in [0.2, 0.25) is 0 Å². The van der Waals surface area contributed by atoms with Crippen molar-refractivity contribution in [2.45, 2.75) is 25.8 Å². The van der Waals surface area contributed by atoms with E-state index in [1.807, 2.05) is 86.6 Å². The lowest BCUT2D eigenvalue weighted by molar-refractivity contribution is -0.132. The number of ketones is 1. The molecule has 2 aliphatic rings. The summed E-state index contributed by atoms with van der Waals surface area (Å²) in [5, 5.41) is 11.4. The Hall–Kier alpha value is -4.06. The van der Waals surface area contributed by atoms with Gasteiger partial charge < -0.3 is 14.7 Å². The van der Waals surface area contributed by atoms with Gasteiger partial charge in [-0.1, -0.05) is 30.3 Å². The summed E-state index contributed by atoms with van der Waals surface area (Å²) in [4.78, 5) is 30.3. The Labute approximate surface area is 205 Å². The fraction of sp³-hybridized carbons (Fsp3) is 0.241. The van der Waals surface area contributed by atoms with E-state index in [0.717, 1.165) is 41.0 Å². The summed E-state index contributed by atoms with van der Waals surface area (Å²) in [6.07, 6.45) is 1.73. The first-order valence-electron chi connectivity index (χ1n) is 11.8. The van der Waals surface area contributed by atoms with Crippen LogP contribution in [0, 0.1) is 6.92 Å². The molecule has 1 atom stereocenters. The molecule has 2 heterocycles. The number of carbonyl (C=O) groups is 2. The van der Waals surface area contributed by atoms with E-state index in [2.05, 4.69) is 0 Å². The van der Waals surface area contributed by atoms with E-state index in [-0.39, 0.29) is 11.3 Å². The van der Waals surface area contributed by atoms with Gasteiger partial charge >= 0.3 is 0 Å². The molecule has 0 radical (unpaired) electrons. The molecule has 1 amide bonds. The smallest absolute Gasteiger partial charge is 0.300 e. The molecule has 3 aromatic rings. The first kappa shape index (κ1) is 22.7. The third kappa shape index (κ3) is 3.95. The number of benzene rings is 3. The van der Waals surface area contributed by atoms with E-state index in [9.17, 15) is 14.7 Å². The standard InChI is InChI=1S/C29H28N2O4/c1-18-7-4-5-9-23(18)31-26(19-10-13-22(14-11-19)30(2)3)25(28(33)29(31)34)27(32)21-12-15-24-20(17-21)8-6-16-35-24/h4-5,7,9-15,17,26,32H,6,8,16H2,1-3H3/b27-25-. The molecule has 0 aliphatic carbocycles. The van der Waals surface area contributed by atoms with Gasteiger partial charge in [0.25, 0.3) is 11.7 Å². The highest BCUT2D eigenvalue weighted by molar-refractivity contribution is 6.51. The number of aliphatic hydroxyl groups is 1. The number of nitrogens with zero attached hydrogens (tertiary/aromatic N) is 2. The molecule has 3 aromatic carbocycles. The number of hydrogen-bond donors (Lipinski definition) is 1. The Morgan fingerprint density at radius 1 is 1.03 bits per heavy atom. The fourth-order valence-corrected chi connectivity index (χ4v) is 4.85. The van der Waals surface area contributed by atoms with Crippen LogP contribution in [-0.2, 0) is 16.0 Å². The van der Waals surface area contributed by atoms with Crippen molar-refractivity contribution < 1.29 is 19.4 Å². The fourth-order valence-electron chi connectivity index (χ4n) is 4.85. The van der Waals surface area contributed by atoms with Crippen LogP contribution in [0.3, 0.4) is 0 Å². The topological polar surface area (TPSA) is 70.1 Å². The molecule has 1 unspecified atom stereocenters. The Balaban J connectivity index is 1.69. The Kier molecular flexibility index (Phi) is 5.81. The number of anilines is 2. The van der Waals surface area contributed by atoms with Gasteiger partial charge in [0.1, 0.15) is 11.5 Å². The SMILES string of the molecule is Cc1ccccc1N1C(=O)C(=O)/C(=C(\O)c2ccc3c(c2)CCCO3)C1c1ccc(N(C)C)cc1. The van der Waals surface area contributed by atoms with Crippen LogP contribution >= 0.6 is 0 Å². The maximum Gasteiger partial charge on any atom is 0.300 e. The van der Waals surface area contributed by atoms with E-state index in [4.69, 9.17) is 4.74 Å². The average molecular weight is 469 g/mol. The van der Waals surface area contributed by atoms with Crippen LogP contribution in [0.1, 0.15) is 34.7 Å². The number of amides is 1. The molecule has 35 heavy (non-hydrogen) atoms. The molecule has 5 rings (SSSR count). The summed E-state index contributed by atoms with van der Waals surface area (Å²) >= 11 is 0. The van der Waals surface area contributed by atoms with Crippen LogP contribution in [0.15, 0.2) is 72.3 Å². The summed E-state index contributed by atoms with van der Waals surface area (Å²) in [6.45, 7) is 2.58. The maximum atomic E-state index is 13.4. The van der Waals surface area contributed by atoms with Gasteiger partial charge in [0, 0.05) is 31.0 Å². The highest BCUT2D eigenvalue weighted by Gasteiger charge is 2.47. The molecule has 6 heteroatoms. The van der Waals surface area contributed by atoms with Crippen LogP contribution in [-0.4, -0.2) is 37.5 Å². The third-order valence-electron chi connectivity index (χ3n) is 6.73. The van der Waals surface area contributed by atoms with Crippen molar-refractivity contribution in [3.63, 3.8) is 0 Å². The first-order chi connectivity index (χ1) is 16.9. The van der Waals surface area contributed by atoms with Crippen molar-refractivity contribution in [1.82, 2.24) is 0 Å². The number of fused-ring (bicyclic) bond motifs is 1. The molecule has 0 bridgehead atoms. The lowest BCUT2D eigenvalue weighted by atomic mass is 9.93. The van der Waals surface area contributed by atoms with Gasteiger partial charge in [0.15, 0.2) is 0 Å². The lowest BCUT2D eigenvalue weighted by Gasteiger charge is -2.27. The number of hydrogen-bond acceptors (Lipinski definition) is 5. The lowest BCUT2D eigenvalue weighted by Crippen LogP contribution is -2.30. The summed E-state index contributed by atoms with van der Waals surface area (Å²) < 4.78 is 5.70. The van der Waals surface area contributed by atoms with Gasteiger partial charge in [-0.2, -0.15) is 0 Å². The number of ether oxygens (including phenoxy) is 1. The number of carbonyl (C=O) groups excluding carboxylic acids is 2. The van der Waals surface area contributed by atoms with Gasteiger partial charge in [-0.25, -0.2) is 0 Å². The minimum Gasteiger partial charge on any atom is -0.507 e. The highest BCUT2D eigenvalue weighted by Crippen LogP contribution is 2.43. The van der Waals surface area contributed by atoms with Crippen molar-refractivity contribution in [3.05, 3.63) is 94.6 Å². The second-order valence-electron chi connectivity index (χ2n) is 9.22. The van der Waals surface area contributed by atoms with Gasteiger partial charge in [-0.15, -0.1) is 0 Å². The average Bonchev–Trinajstić information content (AvgIpc) is 3.13. The normalized spacial score (nSPS) is 18.8. The van der Waals surface area contributed by atoms with Crippen molar-refractivity contribution in [2.75, 3.05) is 30.5 Å². The van der Waals surface area contributed by atoms with Gasteiger partial charge in [-0.05, 0) is 72.9 Å². The second kappa shape index (κ2) is 8.95. The monoisotopic (exact) mass is 468 g/mol. The summed E-state index contributed by atoms with van der Waals surface area (Å²) in [6, 6.07) is 19.9. The number of rotatable bonds is 4. The molecule has 2 aliphatic heterocycles. The highest BCUT2D eigenvalue weighted by atomic mass is 16.5. The Morgan fingerprint density at radius 3 is 2.49 bits per heavy atom. The van der Waals surface area contributed by atoms with Crippen LogP contribution < -0.4 is 14.5 Å². The van der Waals surface area contributed by atoms with Crippen LogP contribution in [0.25, 0.3) is 5.76 Å². The van der Waals surface area contributed by atoms with E-state index in [0.29, 0.717) is 17.9 Å². The number of aliphatic hydroxyl groups excluding tert-OH is 1. The molecule has 1 saturated heterocycles. The van der Waals surface area contributed by atoms with E-state index in [1.54, 1.807) is 6.07 Å². The minimum atomic E-state index is -0.750. The molecule has 178 valence electrons. The Morgan fingerprint density at radius 2 is 1.77 bits per heavy atom. The zero-order valence-electron chi connectivity index (χ0n) is 20.1. The number of Topliss-reactive ketones (excluding diaryl/α,β-unsaturated/α-hetero) is 1. The summed E-state index contributed by atoms with van der Waals surface area (Å²) in [5.41, 5.74) is 4.85. The van der Waals surface area contributed by atoms with Gasteiger partial charge in [0.2, 0.25) is 0 Å². The molecule has 1 N–H and O–H groups in total. The Bertz CT molecular complexity index is 1340. The minimum absolute atomic E-state index is 0.0903. The van der Waals surface area contributed by atoms with E-state index in [1.165, 1.54) is 4.90 Å². The van der Waals surface area contributed by atoms with E-state index < -0.39 is 17.7 Å². The third-order valence-corrected chi connectivity index (χ3v) is 6.73. The molecular formula is C29H28N2O4. The molecule has 0 spiro atoms. The molecular weight excluding hydrogens is 440 g/mol. The predicted molar refractivity (Wildman–Crippen MR) is 137 cm³/mol. The van der Waals surface area contributed by atoms with Gasteiger partial charge in [-0.3, -0.25) is 14.5 Å². The van der Waals surface area contributed by atoms with Crippen molar-refractivity contribution in [3.8, 4) is 5.75 Å². The zero-order chi connectivity index (χ0) is 24.7.